The fourth-order valence-electron chi connectivity index (χ4n) is 3.41. The van der Waals surface area contributed by atoms with Crippen molar-refractivity contribution in [3.8, 4) is 0 Å². The van der Waals surface area contributed by atoms with E-state index in [1.54, 1.807) is 0 Å². The van der Waals surface area contributed by atoms with Crippen LogP contribution in [0.15, 0.2) is 0 Å². The Kier molecular flexibility index (Phi) is 1.97. The van der Waals surface area contributed by atoms with Crippen molar-refractivity contribution in [2.24, 2.45) is 11.8 Å². The molecule has 2 fully saturated rings. The molecular formula is C11H20O2. The van der Waals surface area contributed by atoms with E-state index in [-0.39, 0.29) is 5.60 Å². The molecule has 13 heavy (non-hydrogen) atoms. The Hall–Kier alpha value is -0.0800. The van der Waals surface area contributed by atoms with Gasteiger partial charge in [-0.25, -0.2) is 0 Å². The molecule has 0 aromatic heterocycles. The van der Waals surface area contributed by atoms with Gasteiger partial charge in [0.1, 0.15) is 0 Å². The van der Waals surface area contributed by atoms with Crippen LogP contribution < -0.4 is 0 Å². The Labute approximate surface area is 80.3 Å². The molecule has 2 aliphatic heterocycles. The lowest BCUT2D eigenvalue weighted by atomic mass is 9.79. The third-order valence-electron chi connectivity index (χ3n) is 4.16. The minimum absolute atomic E-state index is 0.0544. The molecule has 2 rings (SSSR count). The van der Waals surface area contributed by atoms with Crippen LogP contribution in [0.4, 0.5) is 0 Å². The van der Waals surface area contributed by atoms with Crippen LogP contribution in [-0.4, -0.2) is 16.5 Å². The summed E-state index contributed by atoms with van der Waals surface area (Å²) in [6, 6.07) is 0. The quantitative estimate of drug-likeness (QED) is 0.677. The predicted octanol–water partition coefficient (Wildman–Crippen LogP) is 2.31. The zero-order valence-electron chi connectivity index (χ0n) is 8.84. The van der Waals surface area contributed by atoms with Gasteiger partial charge in [0.05, 0.1) is 5.60 Å². The molecule has 2 heterocycles. The first-order valence-electron chi connectivity index (χ1n) is 5.44. The SMILES string of the molecule is CCC1C(C)C2(O)CCCC1(C)O2. The fraction of sp³-hybridized carbons (Fsp3) is 1.00. The molecule has 4 atom stereocenters. The standard InChI is InChI=1S/C11H20O2/c1-4-9-8(2)11(12)7-5-6-10(9,3)13-11/h8-9,12H,4-7H2,1-3H3. The summed E-state index contributed by atoms with van der Waals surface area (Å²) < 4.78 is 5.84. The molecule has 0 spiro atoms. The Morgan fingerprint density at radius 2 is 2.15 bits per heavy atom. The van der Waals surface area contributed by atoms with E-state index in [0.29, 0.717) is 11.8 Å². The summed E-state index contributed by atoms with van der Waals surface area (Å²) in [5.74, 6) is 0.0122. The van der Waals surface area contributed by atoms with Crippen molar-refractivity contribution in [2.75, 3.05) is 0 Å². The van der Waals surface area contributed by atoms with Gasteiger partial charge < -0.3 is 9.84 Å². The Morgan fingerprint density at radius 3 is 2.69 bits per heavy atom. The highest BCUT2D eigenvalue weighted by Crippen LogP contribution is 2.54. The third kappa shape index (κ3) is 1.15. The van der Waals surface area contributed by atoms with Gasteiger partial charge in [-0.2, -0.15) is 0 Å². The van der Waals surface area contributed by atoms with E-state index in [1.165, 1.54) is 0 Å². The molecule has 1 N–H and O–H groups in total. The van der Waals surface area contributed by atoms with E-state index in [4.69, 9.17) is 4.74 Å². The second-order valence-electron chi connectivity index (χ2n) is 4.92. The molecule has 0 aromatic rings. The monoisotopic (exact) mass is 184 g/mol. The van der Waals surface area contributed by atoms with Gasteiger partial charge >= 0.3 is 0 Å². The van der Waals surface area contributed by atoms with E-state index in [2.05, 4.69) is 20.8 Å². The van der Waals surface area contributed by atoms with Gasteiger partial charge in [-0.05, 0) is 25.7 Å². The maximum Gasteiger partial charge on any atom is 0.169 e. The van der Waals surface area contributed by atoms with Gasteiger partial charge in [0.2, 0.25) is 0 Å². The Balaban J connectivity index is 2.32. The number of hydrogen-bond donors (Lipinski definition) is 1. The highest BCUT2D eigenvalue weighted by molar-refractivity contribution is 5.02. The van der Waals surface area contributed by atoms with Crippen molar-refractivity contribution < 1.29 is 9.84 Å². The van der Waals surface area contributed by atoms with Crippen LogP contribution in [0.2, 0.25) is 0 Å². The molecule has 4 unspecified atom stereocenters. The maximum absolute atomic E-state index is 10.2. The first kappa shape index (κ1) is 9.47. The second-order valence-corrected chi connectivity index (χ2v) is 4.92. The summed E-state index contributed by atoms with van der Waals surface area (Å²) >= 11 is 0. The van der Waals surface area contributed by atoms with Crippen LogP contribution in [0, 0.1) is 11.8 Å². The molecule has 0 radical (unpaired) electrons. The molecule has 2 aliphatic rings. The van der Waals surface area contributed by atoms with Crippen LogP contribution >= 0.6 is 0 Å². The van der Waals surface area contributed by atoms with Crippen molar-refractivity contribution in [2.45, 2.75) is 57.8 Å². The predicted molar refractivity (Wildman–Crippen MR) is 51.2 cm³/mol. The number of fused-ring (bicyclic) bond motifs is 2. The van der Waals surface area contributed by atoms with Gasteiger partial charge in [-0.15, -0.1) is 0 Å². The van der Waals surface area contributed by atoms with Gasteiger partial charge in [0.15, 0.2) is 5.79 Å². The van der Waals surface area contributed by atoms with Crippen molar-refractivity contribution in [3.63, 3.8) is 0 Å². The normalized spacial score (nSPS) is 55.4. The van der Waals surface area contributed by atoms with E-state index >= 15 is 0 Å². The van der Waals surface area contributed by atoms with Gasteiger partial charge in [0, 0.05) is 12.3 Å². The molecule has 2 nitrogen and oxygen atoms in total. The summed E-state index contributed by atoms with van der Waals surface area (Å²) in [5, 5.41) is 10.2. The van der Waals surface area contributed by atoms with E-state index in [9.17, 15) is 5.11 Å². The van der Waals surface area contributed by atoms with Crippen molar-refractivity contribution in [1.29, 1.82) is 0 Å². The Bertz CT molecular complexity index is 216. The molecule has 2 bridgehead atoms. The summed E-state index contributed by atoms with van der Waals surface area (Å²) in [6.07, 6.45) is 4.15. The zero-order valence-corrected chi connectivity index (χ0v) is 8.84. The highest BCUT2D eigenvalue weighted by atomic mass is 16.6. The average Bonchev–Trinajstić information content (AvgIpc) is 2.16. The molecule has 76 valence electrons. The maximum atomic E-state index is 10.2. The smallest absolute Gasteiger partial charge is 0.169 e. The van der Waals surface area contributed by atoms with Crippen molar-refractivity contribution >= 4 is 0 Å². The van der Waals surface area contributed by atoms with E-state index in [0.717, 1.165) is 25.7 Å². The number of ether oxygens (including phenoxy) is 1. The van der Waals surface area contributed by atoms with Crippen LogP contribution in [0.5, 0.6) is 0 Å². The van der Waals surface area contributed by atoms with Crippen molar-refractivity contribution in [1.82, 2.24) is 0 Å². The number of hydrogen-bond acceptors (Lipinski definition) is 2. The second kappa shape index (κ2) is 2.71. The van der Waals surface area contributed by atoms with Crippen LogP contribution in [0.25, 0.3) is 0 Å². The summed E-state index contributed by atoms with van der Waals surface area (Å²) in [6.45, 7) is 6.49. The lowest BCUT2D eigenvalue weighted by Crippen LogP contribution is -2.40. The third-order valence-corrected chi connectivity index (χ3v) is 4.16. The molecule has 0 aliphatic carbocycles. The minimum atomic E-state index is -0.812. The molecule has 2 saturated heterocycles. The highest BCUT2D eigenvalue weighted by Gasteiger charge is 2.58. The molecule has 2 heteroatoms. The lowest BCUT2D eigenvalue weighted by Gasteiger charge is -2.36. The molecule has 0 saturated carbocycles. The zero-order chi connectivity index (χ0) is 9.69. The van der Waals surface area contributed by atoms with Gasteiger partial charge in [-0.1, -0.05) is 20.3 Å². The molecule has 0 amide bonds. The first-order chi connectivity index (χ1) is 6.02. The van der Waals surface area contributed by atoms with Gasteiger partial charge in [0.25, 0.3) is 0 Å². The summed E-state index contributed by atoms with van der Waals surface area (Å²) in [7, 11) is 0. The van der Waals surface area contributed by atoms with Crippen LogP contribution in [-0.2, 0) is 4.74 Å². The Morgan fingerprint density at radius 1 is 1.46 bits per heavy atom. The fourth-order valence-corrected chi connectivity index (χ4v) is 3.41. The molecule has 0 aromatic carbocycles. The average molecular weight is 184 g/mol. The largest absolute Gasteiger partial charge is 0.365 e. The summed E-state index contributed by atoms with van der Waals surface area (Å²) in [4.78, 5) is 0. The first-order valence-corrected chi connectivity index (χ1v) is 5.44. The minimum Gasteiger partial charge on any atom is -0.365 e. The molecular weight excluding hydrogens is 164 g/mol. The van der Waals surface area contributed by atoms with E-state index < -0.39 is 5.79 Å². The van der Waals surface area contributed by atoms with E-state index in [1.807, 2.05) is 0 Å². The number of rotatable bonds is 1. The van der Waals surface area contributed by atoms with Crippen LogP contribution in [0.1, 0.15) is 46.5 Å². The summed E-state index contributed by atoms with van der Waals surface area (Å²) in [5.41, 5.74) is -0.0544. The lowest BCUT2D eigenvalue weighted by molar-refractivity contribution is -0.256. The van der Waals surface area contributed by atoms with Crippen LogP contribution in [0.3, 0.4) is 0 Å². The van der Waals surface area contributed by atoms with Gasteiger partial charge in [-0.3, -0.25) is 0 Å². The van der Waals surface area contributed by atoms with Crippen molar-refractivity contribution in [3.05, 3.63) is 0 Å². The topological polar surface area (TPSA) is 29.5 Å². The number of aliphatic hydroxyl groups is 1.